The van der Waals surface area contributed by atoms with E-state index in [1.165, 1.54) is 0 Å². The molecule has 1 amide bonds. The van der Waals surface area contributed by atoms with Gasteiger partial charge in [0.05, 0.1) is 7.11 Å². The number of hydrogen-bond donors (Lipinski definition) is 1. The number of methoxy groups -OCH3 is 1. The molecule has 1 atom stereocenters. The highest BCUT2D eigenvalue weighted by molar-refractivity contribution is 7.58. The Balaban J connectivity index is 2.55. The van der Waals surface area contributed by atoms with Gasteiger partial charge in [0, 0.05) is 5.69 Å². The number of hydrogen-bond acceptors (Lipinski definition) is 2. The molecule has 0 heterocycles. The highest BCUT2D eigenvalue weighted by Crippen LogP contribution is 2.18. The van der Waals surface area contributed by atoms with E-state index in [0.29, 0.717) is 8.58 Å². The first-order chi connectivity index (χ1) is 6.76. The Morgan fingerprint density at radius 1 is 1.43 bits per heavy atom. The largest absolute Gasteiger partial charge is 0.497 e. The van der Waals surface area contributed by atoms with Gasteiger partial charge >= 0.3 is 0 Å². The molecule has 0 aliphatic carbocycles. The standard InChI is InChI=1S/C10H14NO2P/c1-3-14-10(12)11-8-4-6-9(13-2)7-5-8/h4-7,14H,3H2,1-2H3,(H,11,12). The molecule has 0 saturated heterocycles. The van der Waals surface area contributed by atoms with Crippen LogP contribution >= 0.6 is 8.58 Å². The Bertz CT molecular complexity index is 297. The molecule has 0 bridgehead atoms. The third-order valence-corrected chi connectivity index (χ3v) is 2.48. The molecule has 14 heavy (non-hydrogen) atoms. The van der Waals surface area contributed by atoms with Crippen LogP contribution in [0.2, 0.25) is 0 Å². The Hall–Kier alpha value is -1.08. The van der Waals surface area contributed by atoms with Gasteiger partial charge in [-0.3, -0.25) is 4.79 Å². The van der Waals surface area contributed by atoms with E-state index in [4.69, 9.17) is 4.74 Å². The lowest BCUT2D eigenvalue weighted by molar-refractivity contribution is 0.269. The van der Waals surface area contributed by atoms with Crippen molar-refractivity contribution in [2.24, 2.45) is 0 Å². The van der Waals surface area contributed by atoms with Crippen LogP contribution in [0.4, 0.5) is 10.5 Å². The summed E-state index contributed by atoms with van der Waals surface area (Å²) in [6, 6.07) is 7.31. The summed E-state index contributed by atoms with van der Waals surface area (Å²) in [4.78, 5) is 11.2. The summed E-state index contributed by atoms with van der Waals surface area (Å²) in [6.45, 7) is 1.99. The Labute approximate surface area is 85.6 Å². The molecule has 1 N–H and O–H groups in total. The van der Waals surface area contributed by atoms with Gasteiger partial charge in [-0.25, -0.2) is 0 Å². The summed E-state index contributed by atoms with van der Waals surface area (Å²) in [5.41, 5.74) is 0.898. The topological polar surface area (TPSA) is 38.3 Å². The number of anilines is 1. The highest BCUT2D eigenvalue weighted by Gasteiger charge is 1.99. The molecule has 0 saturated carbocycles. The first-order valence-electron chi connectivity index (χ1n) is 4.45. The van der Waals surface area contributed by atoms with E-state index in [1.54, 1.807) is 7.11 Å². The molecule has 0 aliphatic heterocycles. The zero-order valence-electron chi connectivity index (χ0n) is 8.33. The molecule has 4 heteroatoms. The van der Waals surface area contributed by atoms with E-state index >= 15 is 0 Å². The van der Waals surface area contributed by atoms with Crippen molar-refractivity contribution in [1.82, 2.24) is 0 Å². The van der Waals surface area contributed by atoms with Gasteiger partial charge in [-0.15, -0.1) is 0 Å². The van der Waals surface area contributed by atoms with Crippen molar-refractivity contribution in [2.75, 3.05) is 18.6 Å². The zero-order valence-corrected chi connectivity index (χ0v) is 9.33. The normalized spacial score (nSPS) is 10.4. The number of nitrogens with one attached hydrogen (secondary N) is 1. The summed E-state index contributed by atoms with van der Waals surface area (Å²) < 4.78 is 5.01. The maximum atomic E-state index is 11.2. The molecular weight excluding hydrogens is 197 g/mol. The summed E-state index contributed by atoms with van der Waals surface area (Å²) in [7, 11) is 1.95. The molecule has 0 aliphatic rings. The monoisotopic (exact) mass is 211 g/mol. The second-order valence-electron chi connectivity index (χ2n) is 2.71. The average Bonchev–Trinajstić information content (AvgIpc) is 2.19. The van der Waals surface area contributed by atoms with E-state index in [0.717, 1.165) is 17.6 Å². The second kappa shape index (κ2) is 5.61. The van der Waals surface area contributed by atoms with Crippen LogP contribution in [0.5, 0.6) is 5.75 Å². The van der Waals surface area contributed by atoms with E-state index in [2.05, 4.69) is 5.32 Å². The number of ether oxygens (including phenoxy) is 1. The van der Waals surface area contributed by atoms with Gasteiger partial charge in [0.15, 0.2) is 0 Å². The van der Waals surface area contributed by atoms with Crippen LogP contribution in [0.1, 0.15) is 6.92 Å². The zero-order chi connectivity index (χ0) is 10.4. The molecular formula is C10H14NO2P. The molecule has 1 aromatic rings. The lowest BCUT2D eigenvalue weighted by atomic mass is 10.3. The number of amides is 1. The number of carbonyl (C=O) groups excluding carboxylic acids is 1. The van der Waals surface area contributed by atoms with E-state index in [1.807, 2.05) is 31.2 Å². The van der Waals surface area contributed by atoms with Gasteiger partial charge in [-0.2, -0.15) is 0 Å². The predicted molar refractivity (Wildman–Crippen MR) is 60.9 cm³/mol. The molecule has 3 nitrogen and oxygen atoms in total. The van der Waals surface area contributed by atoms with Crippen LogP contribution < -0.4 is 10.1 Å². The van der Waals surface area contributed by atoms with Gasteiger partial charge in [-0.05, 0) is 39.0 Å². The van der Waals surface area contributed by atoms with Crippen LogP contribution in [0.3, 0.4) is 0 Å². The summed E-state index contributed by atoms with van der Waals surface area (Å²) in [5.74, 6) is 0.793. The fourth-order valence-corrected chi connectivity index (χ4v) is 1.56. The third-order valence-electron chi connectivity index (χ3n) is 1.69. The third kappa shape index (κ3) is 3.35. The van der Waals surface area contributed by atoms with Crippen molar-refractivity contribution in [2.45, 2.75) is 6.92 Å². The van der Waals surface area contributed by atoms with Crippen molar-refractivity contribution in [1.29, 1.82) is 0 Å². The molecule has 0 radical (unpaired) electrons. The molecule has 0 aromatic heterocycles. The minimum atomic E-state index is 0.0812. The van der Waals surface area contributed by atoms with Crippen molar-refractivity contribution in [3.8, 4) is 5.75 Å². The second-order valence-corrected chi connectivity index (χ2v) is 4.23. The van der Waals surface area contributed by atoms with Gasteiger partial charge in [0.1, 0.15) is 5.75 Å². The van der Waals surface area contributed by atoms with Crippen LogP contribution in [0, 0.1) is 0 Å². The smallest absolute Gasteiger partial charge is 0.242 e. The lowest BCUT2D eigenvalue weighted by Crippen LogP contribution is -2.03. The molecule has 0 spiro atoms. The Morgan fingerprint density at radius 3 is 2.57 bits per heavy atom. The summed E-state index contributed by atoms with van der Waals surface area (Å²) in [5, 5.41) is 2.81. The fourth-order valence-electron chi connectivity index (χ4n) is 1.01. The Morgan fingerprint density at radius 2 is 2.07 bits per heavy atom. The fraction of sp³-hybridized carbons (Fsp3) is 0.300. The van der Waals surface area contributed by atoms with E-state index in [9.17, 15) is 4.79 Å². The van der Waals surface area contributed by atoms with Gasteiger partial charge in [0.25, 0.3) is 0 Å². The van der Waals surface area contributed by atoms with Crippen molar-refractivity contribution in [3.05, 3.63) is 24.3 Å². The van der Waals surface area contributed by atoms with Crippen LogP contribution in [-0.4, -0.2) is 18.9 Å². The molecule has 1 aromatic carbocycles. The van der Waals surface area contributed by atoms with Crippen molar-refractivity contribution in [3.63, 3.8) is 0 Å². The highest BCUT2D eigenvalue weighted by atomic mass is 31.1. The maximum absolute atomic E-state index is 11.2. The quantitative estimate of drug-likeness (QED) is 0.777. The van der Waals surface area contributed by atoms with Gasteiger partial charge < -0.3 is 10.1 Å². The Kier molecular flexibility index (Phi) is 4.41. The van der Waals surface area contributed by atoms with E-state index < -0.39 is 0 Å². The van der Waals surface area contributed by atoms with Crippen LogP contribution in [-0.2, 0) is 0 Å². The van der Waals surface area contributed by atoms with Crippen molar-refractivity contribution < 1.29 is 9.53 Å². The van der Waals surface area contributed by atoms with E-state index in [-0.39, 0.29) is 5.65 Å². The number of rotatable bonds is 4. The van der Waals surface area contributed by atoms with Crippen LogP contribution in [0.15, 0.2) is 24.3 Å². The molecule has 0 fully saturated rings. The lowest BCUT2D eigenvalue weighted by Gasteiger charge is -2.04. The summed E-state index contributed by atoms with van der Waals surface area (Å²) in [6.07, 6.45) is 0.891. The SMILES string of the molecule is CCPC(=O)Nc1ccc(OC)cc1. The molecule has 76 valence electrons. The first-order valence-corrected chi connectivity index (χ1v) is 5.66. The molecule has 1 unspecified atom stereocenters. The minimum Gasteiger partial charge on any atom is -0.497 e. The maximum Gasteiger partial charge on any atom is 0.242 e. The number of carbonyl (C=O) groups is 1. The minimum absolute atomic E-state index is 0.0812. The van der Waals surface area contributed by atoms with Crippen molar-refractivity contribution >= 4 is 19.9 Å². The van der Waals surface area contributed by atoms with Gasteiger partial charge in [0.2, 0.25) is 5.65 Å². The predicted octanol–water partition coefficient (Wildman–Crippen LogP) is 2.93. The average molecular weight is 211 g/mol. The van der Waals surface area contributed by atoms with Crippen LogP contribution in [0.25, 0.3) is 0 Å². The van der Waals surface area contributed by atoms with Gasteiger partial charge in [-0.1, -0.05) is 6.92 Å². The molecule has 1 rings (SSSR count). The summed E-state index contributed by atoms with van der Waals surface area (Å²) >= 11 is 0. The first kappa shape index (κ1) is 11.0. The number of benzene rings is 1.